The molecule has 0 radical (unpaired) electrons. The number of alkyl halides is 1. The molecule has 12 rings (SSSR count). The molecule has 0 bridgehead atoms. The molecule has 4 heterocycles. The minimum atomic E-state index is -0.103. The van der Waals surface area contributed by atoms with Crippen LogP contribution in [0.4, 0.5) is 17.1 Å². The molecule has 20 nitrogen and oxygen atoms in total. The normalized spacial score (nSPS) is 10.3. The Balaban J connectivity index is 0.000000210. The Kier molecular flexibility index (Phi) is 32.8. The lowest BCUT2D eigenvalue weighted by Crippen LogP contribution is -2.04. The number of phenolic OH excluding ortho intramolecular Hbond substituents is 1. The second-order valence-electron chi connectivity index (χ2n) is 24.8. The van der Waals surface area contributed by atoms with E-state index >= 15 is 0 Å². The number of aromatic hydroxyl groups is 1. The zero-order chi connectivity index (χ0) is 82.5. The number of pyridine rings is 4. The molecule has 0 saturated heterocycles. The summed E-state index contributed by atoms with van der Waals surface area (Å²) in [6.07, 6.45) is 15.1. The minimum absolute atomic E-state index is 0.0852. The van der Waals surface area contributed by atoms with Crippen molar-refractivity contribution in [3.05, 3.63) is 353 Å². The van der Waals surface area contributed by atoms with Crippen LogP contribution >= 0.6 is 94.2 Å². The zero-order valence-electron chi connectivity index (χ0n) is 61.6. The van der Waals surface area contributed by atoms with E-state index in [0.29, 0.717) is 119 Å². The van der Waals surface area contributed by atoms with Gasteiger partial charge in [-0.05, 0) is 169 Å². The maximum Gasteiger partial charge on any atom is 0.205 e. The van der Waals surface area contributed by atoms with E-state index < -0.39 is 0 Å². The van der Waals surface area contributed by atoms with Crippen LogP contribution < -0.4 is 33.2 Å². The monoisotopic (exact) mass is 1800 g/mol. The first-order chi connectivity index (χ1) is 55.6. The van der Waals surface area contributed by atoms with Gasteiger partial charge in [0.1, 0.15) is 98.3 Å². The van der Waals surface area contributed by atoms with Crippen molar-refractivity contribution in [2.24, 2.45) is 0 Å². The highest BCUT2D eigenvalue weighted by Crippen LogP contribution is 2.39. The molecular weight excluding hydrogens is 1740 g/mol. The van der Waals surface area contributed by atoms with E-state index in [1.807, 2.05) is 113 Å². The van der Waals surface area contributed by atoms with Crippen molar-refractivity contribution in [2.45, 2.75) is 79.3 Å². The number of aromatic nitrogens is 4. The Morgan fingerprint density at radius 1 is 0.391 bits per heavy atom. The van der Waals surface area contributed by atoms with E-state index in [1.165, 1.54) is 36.8 Å². The molecule has 115 heavy (non-hydrogen) atoms. The Hall–Kier alpha value is -12.0. The van der Waals surface area contributed by atoms with Crippen molar-refractivity contribution in [1.29, 1.82) is 5.26 Å². The largest absolute Gasteiger partial charge is 0.507 e. The van der Waals surface area contributed by atoms with Gasteiger partial charge in [-0.2, -0.15) is 5.26 Å². The summed E-state index contributed by atoms with van der Waals surface area (Å²) >= 11 is 35.7. The molecule has 0 aliphatic carbocycles. The third-order valence-electron chi connectivity index (χ3n) is 17.1. The number of halogens is 7. The Morgan fingerprint density at radius 2 is 0.748 bits per heavy atom. The van der Waals surface area contributed by atoms with Gasteiger partial charge < -0.3 is 38.3 Å². The summed E-state index contributed by atoms with van der Waals surface area (Å²) in [4.78, 5) is 71.8. The van der Waals surface area contributed by atoms with Crippen molar-refractivity contribution < 1.29 is 57.4 Å². The SMILES string of the molecule is Cc1c(Br)cccc1OCc1cc(O)c(C=O)cc1Cl.[C-]#[N+]c1cncc(CBr)c1.[C-]#[N+]c1cncc(COc2cc(COc3cccc(-c4cccc(COc5cc(OCc6cncc(C#N)c6)c(C=O)cc5Cl)c4C)c3C)c(Cl)cc2C=O)c1.[C-]#[N+]c1cncc(COc2cc(COc3cccc(Br)c3C)c(Cl)cc2C=O)c1. The van der Waals surface area contributed by atoms with Crippen molar-refractivity contribution in [3.63, 3.8) is 0 Å². The van der Waals surface area contributed by atoms with Crippen LogP contribution in [0.5, 0.6) is 46.0 Å². The van der Waals surface area contributed by atoms with Crippen molar-refractivity contribution in [2.75, 3.05) is 0 Å². The first-order valence-corrected chi connectivity index (χ1v) is 38.6. The summed E-state index contributed by atoms with van der Waals surface area (Å²) in [5.41, 5.74) is 14.6. The number of hydrogen-bond donors (Lipinski definition) is 1. The van der Waals surface area contributed by atoms with Gasteiger partial charge in [0.25, 0.3) is 0 Å². The number of hydrogen-bond acceptors (Lipinski definition) is 17. The van der Waals surface area contributed by atoms with Crippen molar-refractivity contribution >= 4 is 136 Å². The fourth-order valence-corrected chi connectivity index (χ4v) is 12.7. The van der Waals surface area contributed by atoms with Gasteiger partial charge in [0, 0.05) is 118 Å². The van der Waals surface area contributed by atoms with Gasteiger partial charge in [-0.25, -0.2) is 14.5 Å². The molecule has 0 unspecified atom stereocenters. The highest BCUT2D eigenvalue weighted by atomic mass is 79.9. The molecule has 0 amide bonds. The lowest BCUT2D eigenvalue weighted by atomic mass is 9.93. The van der Waals surface area contributed by atoms with Gasteiger partial charge >= 0.3 is 0 Å². The van der Waals surface area contributed by atoms with E-state index in [4.69, 9.17) is 99.3 Å². The number of benzene rings is 8. The minimum Gasteiger partial charge on any atom is -0.507 e. The lowest BCUT2D eigenvalue weighted by Gasteiger charge is -2.18. The average Bonchev–Trinajstić information content (AvgIpc) is 0.800. The number of carbonyl (C=O) groups is 4. The highest BCUT2D eigenvalue weighted by Gasteiger charge is 2.19. The van der Waals surface area contributed by atoms with Gasteiger partial charge in [-0.1, -0.05) is 137 Å². The molecule has 578 valence electrons. The van der Waals surface area contributed by atoms with Crippen molar-refractivity contribution in [3.8, 4) is 63.2 Å². The number of nitrogens with zero attached hydrogens (tertiary/aromatic N) is 8. The maximum absolute atomic E-state index is 11.8. The smallest absolute Gasteiger partial charge is 0.205 e. The second kappa shape index (κ2) is 43.3. The predicted octanol–water partition coefficient (Wildman–Crippen LogP) is 23.8. The molecule has 0 aliphatic heterocycles. The van der Waals surface area contributed by atoms with Crippen LogP contribution in [-0.2, 0) is 51.6 Å². The van der Waals surface area contributed by atoms with Gasteiger partial charge in [-0.3, -0.25) is 39.1 Å². The van der Waals surface area contributed by atoms with Crippen LogP contribution in [0.1, 0.15) is 114 Å². The summed E-state index contributed by atoms with van der Waals surface area (Å²) in [5.74, 6) is 3.36. The van der Waals surface area contributed by atoms with Crippen LogP contribution in [0, 0.1) is 58.7 Å². The standard InChI is InChI=1S/C44H32Cl2N4O6.C22H16BrClN2O3.C15H12BrClO3.C7H5BrN2/c1-27-32(25-56-44-15-43(34(22-52)13-40(44)46)54-23-30-10-29(16-47)17-49-18-30)6-4-7-37(27)38-8-5-9-41(28(38)2)55-26-35-14-42(33(21-51)12-39(35)45)53-24-31-11-36(48-3)20-50-19-31;1-14-19(23)4-3-5-21(14)29-13-17-8-22(16(11-27)7-20(17)24)28-12-15-6-18(25-2)10-26-9-15;1-9-12(16)3-2-4-15(9)20-8-11-6-14(19)10(7-18)5-13(11)17;1-9-7-2-6(3-8)4-10-5-7/h4-15,17-22H,23-26H2,1-2H3;3-11H,12-13H2,1H3;2-7,19H,8H2,1H3;2,4-5H,3H2. The van der Waals surface area contributed by atoms with Gasteiger partial charge in [0.05, 0.1) is 52.6 Å². The van der Waals surface area contributed by atoms with Crippen LogP contribution in [0.15, 0.2) is 204 Å². The number of rotatable bonds is 27. The molecule has 0 atom stereocenters. The molecule has 0 saturated carbocycles. The first-order valence-electron chi connectivity index (χ1n) is 34.3. The quantitative estimate of drug-likeness (QED) is 0.0286. The summed E-state index contributed by atoms with van der Waals surface area (Å²) < 4.78 is 43.7. The summed E-state index contributed by atoms with van der Waals surface area (Å²) in [5, 5.41) is 21.0. The second-order valence-corrected chi connectivity index (χ2v) is 28.7. The molecule has 0 fully saturated rings. The van der Waals surface area contributed by atoms with Crippen LogP contribution in [0.3, 0.4) is 0 Å². The van der Waals surface area contributed by atoms with E-state index in [9.17, 15) is 29.5 Å². The van der Waals surface area contributed by atoms with E-state index in [-0.39, 0.29) is 79.5 Å². The Labute approximate surface area is 709 Å². The summed E-state index contributed by atoms with van der Waals surface area (Å²) in [7, 11) is 0. The molecule has 1 N–H and O–H groups in total. The molecule has 0 spiro atoms. The third kappa shape index (κ3) is 24.3. The molecule has 4 aromatic heterocycles. The van der Waals surface area contributed by atoms with E-state index in [2.05, 4.69) is 82.3 Å². The summed E-state index contributed by atoms with van der Waals surface area (Å²) in [6.45, 7) is 29.9. The molecule has 8 aromatic carbocycles. The predicted molar refractivity (Wildman–Crippen MR) is 452 cm³/mol. The summed E-state index contributed by atoms with van der Waals surface area (Å²) in [6, 6.07) is 44.5. The number of carbonyl (C=O) groups excluding carboxylic acids is 4. The van der Waals surface area contributed by atoms with Gasteiger partial charge in [0.2, 0.25) is 17.1 Å². The van der Waals surface area contributed by atoms with Crippen LogP contribution in [0.2, 0.25) is 20.1 Å². The fourth-order valence-electron chi connectivity index (χ4n) is 10.8. The van der Waals surface area contributed by atoms with Crippen molar-refractivity contribution in [1.82, 2.24) is 19.9 Å². The molecule has 27 heteroatoms. The number of aldehydes is 4. The Morgan fingerprint density at radius 3 is 1.20 bits per heavy atom. The fraction of sp³-hybridized carbons (Fsp3) is 0.136. The number of ether oxygens (including phenoxy) is 7. The molecule has 12 aromatic rings. The average molecular weight is 1810 g/mol. The first kappa shape index (κ1) is 87.0. The zero-order valence-corrected chi connectivity index (χ0v) is 69.4. The highest BCUT2D eigenvalue weighted by molar-refractivity contribution is 9.11. The molecular formula is C88H65Br3Cl4N8O12. The lowest BCUT2D eigenvalue weighted by molar-refractivity contribution is 0.111. The van der Waals surface area contributed by atoms with E-state index in [0.717, 1.165) is 75.8 Å². The number of nitriles is 1. The topological polar surface area (TPSA) is 242 Å². The van der Waals surface area contributed by atoms with E-state index in [1.54, 1.807) is 79.5 Å². The third-order valence-corrected chi connectivity index (χ3v) is 20.8. The molecule has 0 aliphatic rings. The number of phenols is 1. The maximum atomic E-state index is 11.8. The van der Waals surface area contributed by atoms with Gasteiger partial charge in [-0.15, -0.1) is 0 Å². The Bertz CT molecular complexity index is 5580. The van der Waals surface area contributed by atoms with Crippen LogP contribution in [0.25, 0.3) is 25.7 Å². The van der Waals surface area contributed by atoms with Gasteiger partial charge in [0.15, 0.2) is 25.1 Å². The van der Waals surface area contributed by atoms with Crippen LogP contribution in [-0.4, -0.2) is 50.2 Å².